The number of aromatic nitrogens is 2. The molecule has 0 saturated carbocycles. The van der Waals surface area contributed by atoms with E-state index in [1.807, 2.05) is 6.92 Å². The maximum Gasteiger partial charge on any atom is 0.244 e. The number of alkyl halides is 1. The average Bonchev–Trinajstić information content (AvgIpc) is 2.68. The first kappa shape index (κ1) is 15.1. The van der Waals surface area contributed by atoms with Crippen molar-refractivity contribution >= 4 is 10.0 Å². The summed E-state index contributed by atoms with van der Waals surface area (Å²) >= 11 is 0. The molecule has 0 aliphatic rings. The standard InChI is InChI=1S/C10H19FN4O2S/c1-3-12-7-9-10(8(2)14-15-9)18(16,17)13-6-4-5-11/h12-13H,3-7H2,1-2H3,(H,14,15). The molecule has 0 radical (unpaired) electrons. The van der Waals surface area contributed by atoms with Crippen LogP contribution in [0.4, 0.5) is 4.39 Å². The van der Waals surface area contributed by atoms with Crippen molar-refractivity contribution in [3.05, 3.63) is 11.4 Å². The molecule has 6 nitrogen and oxygen atoms in total. The van der Waals surface area contributed by atoms with Crippen LogP contribution in [0.1, 0.15) is 24.7 Å². The van der Waals surface area contributed by atoms with E-state index in [-0.39, 0.29) is 17.9 Å². The van der Waals surface area contributed by atoms with Crippen molar-refractivity contribution < 1.29 is 12.8 Å². The fourth-order valence-electron chi connectivity index (χ4n) is 1.53. The van der Waals surface area contributed by atoms with Gasteiger partial charge in [0.25, 0.3) is 0 Å². The van der Waals surface area contributed by atoms with Gasteiger partial charge in [-0.2, -0.15) is 5.10 Å². The zero-order valence-electron chi connectivity index (χ0n) is 10.6. The van der Waals surface area contributed by atoms with Crippen molar-refractivity contribution in [3.8, 4) is 0 Å². The first-order valence-electron chi connectivity index (χ1n) is 5.83. The highest BCUT2D eigenvalue weighted by Crippen LogP contribution is 2.17. The van der Waals surface area contributed by atoms with Gasteiger partial charge < -0.3 is 5.32 Å². The van der Waals surface area contributed by atoms with Crippen LogP contribution in [-0.4, -0.2) is 38.4 Å². The normalized spacial score (nSPS) is 11.9. The summed E-state index contributed by atoms with van der Waals surface area (Å²) in [7, 11) is -3.63. The Morgan fingerprint density at radius 3 is 2.78 bits per heavy atom. The Kier molecular flexibility index (Phi) is 5.70. The molecule has 0 saturated heterocycles. The molecular formula is C10H19FN4O2S. The summed E-state index contributed by atoms with van der Waals surface area (Å²) in [5.41, 5.74) is 0.928. The van der Waals surface area contributed by atoms with Gasteiger partial charge in [0.1, 0.15) is 4.90 Å². The lowest BCUT2D eigenvalue weighted by Crippen LogP contribution is -2.27. The van der Waals surface area contributed by atoms with Crippen LogP contribution in [0, 0.1) is 6.92 Å². The first-order valence-corrected chi connectivity index (χ1v) is 7.31. The number of nitrogens with one attached hydrogen (secondary N) is 3. The van der Waals surface area contributed by atoms with Crippen LogP contribution in [-0.2, 0) is 16.6 Å². The van der Waals surface area contributed by atoms with Gasteiger partial charge in [0.15, 0.2) is 0 Å². The van der Waals surface area contributed by atoms with Gasteiger partial charge in [0.2, 0.25) is 10.0 Å². The van der Waals surface area contributed by atoms with Crippen LogP contribution in [0.5, 0.6) is 0 Å². The Labute approximate surface area is 106 Å². The minimum Gasteiger partial charge on any atom is -0.311 e. The molecule has 1 heterocycles. The van der Waals surface area contributed by atoms with Crippen molar-refractivity contribution in [3.63, 3.8) is 0 Å². The Morgan fingerprint density at radius 1 is 1.44 bits per heavy atom. The molecule has 1 rings (SSSR count). The zero-order valence-corrected chi connectivity index (χ0v) is 11.4. The predicted octanol–water partition coefficient (Wildman–Crippen LogP) is 0.466. The summed E-state index contributed by atoms with van der Waals surface area (Å²) in [6.07, 6.45) is 0.165. The summed E-state index contributed by atoms with van der Waals surface area (Å²) in [4.78, 5) is 0.155. The van der Waals surface area contributed by atoms with E-state index in [9.17, 15) is 12.8 Å². The Hall–Kier alpha value is -0.990. The monoisotopic (exact) mass is 278 g/mol. The van der Waals surface area contributed by atoms with Gasteiger partial charge in [-0.1, -0.05) is 6.92 Å². The number of halogens is 1. The van der Waals surface area contributed by atoms with E-state index in [4.69, 9.17) is 0 Å². The van der Waals surface area contributed by atoms with Gasteiger partial charge in [-0.3, -0.25) is 9.49 Å². The first-order chi connectivity index (χ1) is 8.53. The summed E-state index contributed by atoms with van der Waals surface area (Å²) < 4.78 is 38.4. The number of hydrogen-bond donors (Lipinski definition) is 3. The van der Waals surface area contributed by atoms with E-state index < -0.39 is 16.7 Å². The highest BCUT2D eigenvalue weighted by molar-refractivity contribution is 7.89. The number of aryl methyl sites for hydroxylation is 1. The van der Waals surface area contributed by atoms with Crippen molar-refractivity contribution in [1.29, 1.82) is 0 Å². The lowest BCUT2D eigenvalue weighted by Gasteiger charge is -2.07. The quantitative estimate of drug-likeness (QED) is 0.603. The average molecular weight is 278 g/mol. The minimum atomic E-state index is -3.63. The molecule has 0 aliphatic heterocycles. The van der Waals surface area contributed by atoms with Gasteiger partial charge in [-0.25, -0.2) is 13.1 Å². The molecule has 0 bridgehead atoms. The number of H-pyrrole nitrogens is 1. The fourth-order valence-corrected chi connectivity index (χ4v) is 2.97. The van der Waals surface area contributed by atoms with Crippen LogP contribution in [0.15, 0.2) is 4.90 Å². The number of rotatable bonds is 8. The second kappa shape index (κ2) is 6.81. The molecule has 0 spiro atoms. The lowest BCUT2D eigenvalue weighted by molar-refractivity contribution is 0.470. The molecule has 3 N–H and O–H groups in total. The van der Waals surface area contributed by atoms with Gasteiger partial charge in [0.05, 0.1) is 18.1 Å². The Balaban J connectivity index is 2.89. The molecule has 104 valence electrons. The third-order valence-electron chi connectivity index (χ3n) is 2.37. The Morgan fingerprint density at radius 2 is 2.17 bits per heavy atom. The van der Waals surface area contributed by atoms with E-state index in [2.05, 4.69) is 20.2 Å². The second-order valence-corrected chi connectivity index (χ2v) is 5.55. The summed E-state index contributed by atoms with van der Waals surface area (Å²) in [6.45, 7) is 4.21. The molecule has 0 aromatic carbocycles. The molecule has 0 atom stereocenters. The van der Waals surface area contributed by atoms with E-state index in [0.717, 1.165) is 6.54 Å². The van der Waals surface area contributed by atoms with Crippen LogP contribution < -0.4 is 10.0 Å². The molecule has 1 aromatic rings. The summed E-state index contributed by atoms with van der Waals surface area (Å²) in [5.74, 6) is 0. The summed E-state index contributed by atoms with van der Waals surface area (Å²) in [5, 5.41) is 9.65. The van der Waals surface area contributed by atoms with Crippen molar-refractivity contribution in [1.82, 2.24) is 20.2 Å². The smallest absolute Gasteiger partial charge is 0.244 e. The molecule has 0 fully saturated rings. The largest absolute Gasteiger partial charge is 0.311 e. The second-order valence-electron chi connectivity index (χ2n) is 3.85. The molecule has 0 unspecified atom stereocenters. The van der Waals surface area contributed by atoms with E-state index in [1.165, 1.54) is 0 Å². The number of nitrogens with zero attached hydrogens (tertiary/aromatic N) is 1. The molecule has 0 amide bonds. The van der Waals surface area contributed by atoms with E-state index in [0.29, 0.717) is 17.9 Å². The Bertz CT molecular complexity index is 472. The molecule has 18 heavy (non-hydrogen) atoms. The molecule has 0 aliphatic carbocycles. The maximum absolute atomic E-state index is 12.1. The third kappa shape index (κ3) is 3.76. The van der Waals surface area contributed by atoms with Crippen molar-refractivity contribution in [2.75, 3.05) is 19.8 Å². The van der Waals surface area contributed by atoms with Gasteiger partial charge >= 0.3 is 0 Å². The topological polar surface area (TPSA) is 86.9 Å². The third-order valence-corrected chi connectivity index (χ3v) is 4.04. The van der Waals surface area contributed by atoms with Gasteiger partial charge in [0, 0.05) is 13.1 Å². The van der Waals surface area contributed by atoms with Crippen LogP contribution in [0.3, 0.4) is 0 Å². The summed E-state index contributed by atoms with van der Waals surface area (Å²) in [6, 6.07) is 0. The predicted molar refractivity (Wildman–Crippen MR) is 66.5 cm³/mol. The zero-order chi connectivity index (χ0) is 13.6. The van der Waals surface area contributed by atoms with E-state index in [1.54, 1.807) is 6.92 Å². The van der Waals surface area contributed by atoms with E-state index >= 15 is 0 Å². The van der Waals surface area contributed by atoms with Crippen LogP contribution in [0.25, 0.3) is 0 Å². The molecule has 1 aromatic heterocycles. The number of hydrogen-bond acceptors (Lipinski definition) is 4. The molecular weight excluding hydrogens is 259 g/mol. The van der Waals surface area contributed by atoms with Gasteiger partial charge in [-0.05, 0) is 19.9 Å². The lowest BCUT2D eigenvalue weighted by atomic mass is 10.3. The maximum atomic E-state index is 12.1. The highest BCUT2D eigenvalue weighted by atomic mass is 32.2. The van der Waals surface area contributed by atoms with Crippen LogP contribution in [0.2, 0.25) is 0 Å². The van der Waals surface area contributed by atoms with Crippen molar-refractivity contribution in [2.45, 2.75) is 31.7 Å². The minimum absolute atomic E-state index is 0.0874. The van der Waals surface area contributed by atoms with Crippen LogP contribution >= 0.6 is 0 Å². The number of sulfonamides is 1. The SMILES string of the molecule is CCNCc1n[nH]c(C)c1S(=O)(=O)NCCCF. The highest BCUT2D eigenvalue weighted by Gasteiger charge is 2.23. The van der Waals surface area contributed by atoms with Crippen molar-refractivity contribution in [2.24, 2.45) is 0 Å². The number of aromatic amines is 1. The van der Waals surface area contributed by atoms with Gasteiger partial charge in [-0.15, -0.1) is 0 Å². The molecule has 8 heteroatoms. The fraction of sp³-hybridized carbons (Fsp3) is 0.700.